The van der Waals surface area contributed by atoms with Gasteiger partial charge in [-0.3, -0.25) is 0 Å². The Balaban J connectivity index is 2.67. The van der Waals surface area contributed by atoms with Crippen LogP contribution in [-0.2, 0) is 0 Å². The summed E-state index contributed by atoms with van der Waals surface area (Å²) in [6.45, 7) is 4.22. The Hall–Kier alpha value is -1.20. The molecule has 0 aliphatic heterocycles. The lowest BCUT2D eigenvalue weighted by Crippen LogP contribution is -2.25. The highest BCUT2D eigenvalue weighted by Crippen LogP contribution is 2.19. The summed E-state index contributed by atoms with van der Waals surface area (Å²) in [7, 11) is 0. The molecule has 2 atom stereocenters. The van der Waals surface area contributed by atoms with Crippen LogP contribution in [0.2, 0.25) is 5.02 Å². The Labute approximate surface area is 102 Å². The monoisotopic (exact) mass is 236 g/mol. The van der Waals surface area contributed by atoms with Gasteiger partial charge in [0.1, 0.15) is 6.04 Å². The highest BCUT2D eigenvalue weighted by Gasteiger charge is 2.15. The second kappa shape index (κ2) is 6.40. The zero-order valence-electron chi connectivity index (χ0n) is 9.70. The SMILES string of the molecule is CCCC(C)C(C#N)Nc1cccc(Cl)c1. The number of nitriles is 1. The number of anilines is 1. The Bertz CT molecular complexity index is 370. The van der Waals surface area contributed by atoms with Gasteiger partial charge >= 0.3 is 0 Å². The standard InChI is InChI=1S/C13H17ClN2/c1-3-5-10(2)13(9-15)16-12-7-4-6-11(14)8-12/h4,6-8,10,13,16H,3,5H2,1-2H3. The van der Waals surface area contributed by atoms with Crippen LogP contribution in [0.1, 0.15) is 26.7 Å². The van der Waals surface area contributed by atoms with E-state index >= 15 is 0 Å². The quantitative estimate of drug-likeness (QED) is 0.836. The van der Waals surface area contributed by atoms with Gasteiger partial charge in [0.25, 0.3) is 0 Å². The van der Waals surface area contributed by atoms with Crippen LogP contribution in [-0.4, -0.2) is 6.04 Å². The predicted octanol–water partition coefficient (Wildman–Crippen LogP) is 4.08. The summed E-state index contributed by atoms with van der Waals surface area (Å²) in [5.74, 6) is 0.342. The van der Waals surface area contributed by atoms with E-state index in [1.165, 1.54) is 0 Å². The minimum absolute atomic E-state index is 0.154. The molecule has 0 aliphatic rings. The van der Waals surface area contributed by atoms with Crippen molar-refractivity contribution in [2.75, 3.05) is 5.32 Å². The highest BCUT2D eigenvalue weighted by molar-refractivity contribution is 6.30. The number of nitrogens with one attached hydrogen (secondary N) is 1. The normalized spacial score (nSPS) is 13.9. The number of hydrogen-bond donors (Lipinski definition) is 1. The molecule has 1 aromatic carbocycles. The maximum absolute atomic E-state index is 9.11. The third-order valence-corrected chi connectivity index (χ3v) is 2.83. The van der Waals surface area contributed by atoms with E-state index in [0.717, 1.165) is 18.5 Å². The summed E-state index contributed by atoms with van der Waals surface area (Å²) >= 11 is 5.89. The molecule has 2 unspecified atom stereocenters. The molecule has 0 aromatic heterocycles. The summed E-state index contributed by atoms with van der Waals surface area (Å²) in [6.07, 6.45) is 2.14. The summed E-state index contributed by atoms with van der Waals surface area (Å²) < 4.78 is 0. The molecule has 16 heavy (non-hydrogen) atoms. The topological polar surface area (TPSA) is 35.8 Å². The first-order valence-electron chi connectivity index (χ1n) is 5.59. The molecule has 0 saturated heterocycles. The third-order valence-electron chi connectivity index (χ3n) is 2.60. The van der Waals surface area contributed by atoms with Crippen LogP contribution in [0.4, 0.5) is 5.69 Å². The van der Waals surface area contributed by atoms with Crippen molar-refractivity contribution in [3.05, 3.63) is 29.3 Å². The van der Waals surface area contributed by atoms with Crippen molar-refractivity contribution < 1.29 is 0 Å². The molecule has 2 nitrogen and oxygen atoms in total. The summed E-state index contributed by atoms with van der Waals surface area (Å²) in [5, 5.41) is 13.0. The lowest BCUT2D eigenvalue weighted by atomic mass is 9.98. The fourth-order valence-electron chi connectivity index (χ4n) is 1.68. The molecule has 0 radical (unpaired) electrons. The molecular formula is C13H17ClN2. The molecule has 1 rings (SSSR count). The van der Waals surface area contributed by atoms with Crippen LogP contribution in [0, 0.1) is 17.2 Å². The molecule has 0 heterocycles. The number of rotatable bonds is 5. The Morgan fingerprint density at radius 1 is 1.50 bits per heavy atom. The molecule has 0 amide bonds. The Morgan fingerprint density at radius 3 is 2.81 bits per heavy atom. The van der Waals surface area contributed by atoms with Gasteiger partial charge in [0.15, 0.2) is 0 Å². The van der Waals surface area contributed by atoms with Crippen molar-refractivity contribution in [3.63, 3.8) is 0 Å². The zero-order chi connectivity index (χ0) is 12.0. The molecule has 0 aliphatic carbocycles. The first kappa shape index (κ1) is 12.9. The van der Waals surface area contributed by atoms with Gasteiger partial charge in [-0.1, -0.05) is 37.9 Å². The van der Waals surface area contributed by atoms with E-state index in [1.54, 1.807) is 0 Å². The number of hydrogen-bond acceptors (Lipinski definition) is 2. The summed E-state index contributed by atoms with van der Waals surface area (Å²) in [6, 6.07) is 9.61. The van der Waals surface area contributed by atoms with Gasteiger partial charge in [0.2, 0.25) is 0 Å². The lowest BCUT2D eigenvalue weighted by molar-refractivity contribution is 0.500. The number of halogens is 1. The van der Waals surface area contributed by atoms with E-state index in [2.05, 4.69) is 25.2 Å². The van der Waals surface area contributed by atoms with Crippen LogP contribution in [0.25, 0.3) is 0 Å². The Morgan fingerprint density at radius 2 is 2.25 bits per heavy atom. The van der Waals surface area contributed by atoms with E-state index < -0.39 is 0 Å². The molecule has 86 valence electrons. The van der Waals surface area contributed by atoms with Crippen molar-refractivity contribution >= 4 is 17.3 Å². The van der Waals surface area contributed by atoms with Crippen LogP contribution < -0.4 is 5.32 Å². The smallest absolute Gasteiger partial charge is 0.117 e. The fourth-order valence-corrected chi connectivity index (χ4v) is 1.87. The molecule has 0 saturated carbocycles. The summed E-state index contributed by atoms with van der Waals surface area (Å²) in [4.78, 5) is 0. The predicted molar refractivity (Wildman–Crippen MR) is 68.5 cm³/mol. The molecule has 0 spiro atoms. The fraction of sp³-hybridized carbons (Fsp3) is 0.462. The molecule has 1 aromatic rings. The highest BCUT2D eigenvalue weighted by atomic mass is 35.5. The van der Waals surface area contributed by atoms with E-state index in [0.29, 0.717) is 10.9 Å². The van der Waals surface area contributed by atoms with E-state index in [-0.39, 0.29) is 6.04 Å². The minimum Gasteiger partial charge on any atom is -0.370 e. The number of nitrogens with zero attached hydrogens (tertiary/aromatic N) is 1. The molecule has 0 fully saturated rings. The largest absolute Gasteiger partial charge is 0.370 e. The van der Waals surface area contributed by atoms with Crippen LogP contribution >= 0.6 is 11.6 Å². The average Bonchev–Trinajstić information content (AvgIpc) is 2.26. The van der Waals surface area contributed by atoms with Gasteiger partial charge < -0.3 is 5.32 Å². The maximum Gasteiger partial charge on any atom is 0.117 e. The van der Waals surface area contributed by atoms with Crippen molar-refractivity contribution in [2.24, 2.45) is 5.92 Å². The molecule has 0 bridgehead atoms. The van der Waals surface area contributed by atoms with Gasteiger partial charge in [-0.25, -0.2) is 0 Å². The van der Waals surface area contributed by atoms with Gasteiger partial charge in [-0.15, -0.1) is 0 Å². The van der Waals surface area contributed by atoms with Crippen LogP contribution in [0.3, 0.4) is 0 Å². The van der Waals surface area contributed by atoms with E-state index in [9.17, 15) is 0 Å². The van der Waals surface area contributed by atoms with Crippen molar-refractivity contribution in [3.8, 4) is 6.07 Å². The molecule has 1 N–H and O–H groups in total. The molecular weight excluding hydrogens is 220 g/mol. The van der Waals surface area contributed by atoms with Gasteiger partial charge in [-0.05, 0) is 30.5 Å². The van der Waals surface area contributed by atoms with Crippen LogP contribution in [0.15, 0.2) is 24.3 Å². The van der Waals surface area contributed by atoms with Crippen LogP contribution in [0.5, 0.6) is 0 Å². The third kappa shape index (κ3) is 3.75. The second-order valence-electron chi connectivity index (χ2n) is 4.03. The van der Waals surface area contributed by atoms with Gasteiger partial charge in [-0.2, -0.15) is 5.26 Å². The molecule has 3 heteroatoms. The first-order valence-corrected chi connectivity index (χ1v) is 5.97. The van der Waals surface area contributed by atoms with Crippen molar-refractivity contribution in [2.45, 2.75) is 32.7 Å². The van der Waals surface area contributed by atoms with Crippen molar-refractivity contribution in [1.82, 2.24) is 0 Å². The first-order chi connectivity index (χ1) is 7.67. The van der Waals surface area contributed by atoms with Crippen molar-refractivity contribution in [1.29, 1.82) is 5.26 Å². The minimum atomic E-state index is -0.154. The lowest BCUT2D eigenvalue weighted by Gasteiger charge is -2.19. The average molecular weight is 237 g/mol. The number of benzene rings is 1. The summed E-state index contributed by atoms with van der Waals surface area (Å²) in [5.41, 5.74) is 0.905. The zero-order valence-corrected chi connectivity index (χ0v) is 10.5. The van der Waals surface area contributed by atoms with E-state index in [1.807, 2.05) is 24.3 Å². The maximum atomic E-state index is 9.11. The Kier molecular flexibility index (Phi) is 5.14. The van der Waals surface area contributed by atoms with Gasteiger partial charge in [0, 0.05) is 10.7 Å². The second-order valence-corrected chi connectivity index (χ2v) is 4.46. The van der Waals surface area contributed by atoms with Gasteiger partial charge in [0.05, 0.1) is 6.07 Å². The van der Waals surface area contributed by atoms with E-state index in [4.69, 9.17) is 16.9 Å².